The molecular weight excluding hydrogens is 184 g/mol. The number of methoxy groups -OCH3 is 1. The molecule has 0 spiro atoms. The van der Waals surface area contributed by atoms with Crippen LogP contribution in [0.25, 0.3) is 0 Å². The van der Waals surface area contributed by atoms with Crippen LogP contribution in [0.4, 0.5) is 0 Å². The quantitative estimate of drug-likeness (QED) is 0.640. The Labute approximate surface area is 84.4 Å². The molecule has 0 bridgehead atoms. The highest BCUT2D eigenvalue weighted by Crippen LogP contribution is 2.30. The van der Waals surface area contributed by atoms with E-state index in [0.29, 0.717) is 0 Å². The zero-order valence-electron chi connectivity index (χ0n) is 8.41. The van der Waals surface area contributed by atoms with Crippen LogP contribution in [0, 0.1) is 11.8 Å². The van der Waals surface area contributed by atoms with Crippen molar-refractivity contribution in [2.45, 2.75) is 26.2 Å². The van der Waals surface area contributed by atoms with E-state index in [9.17, 15) is 4.79 Å². The van der Waals surface area contributed by atoms with Gasteiger partial charge in [0.1, 0.15) is 0 Å². The molecule has 0 aromatic rings. The molecule has 2 nitrogen and oxygen atoms in total. The first-order valence-corrected chi connectivity index (χ1v) is 6.05. The molecule has 13 heavy (non-hydrogen) atoms. The third-order valence-corrected chi connectivity index (χ3v) is 3.99. The van der Waals surface area contributed by atoms with Crippen LogP contribution >= 0.6 is 11.8 Å². The summed E-state index contributed by atoms with van der Waals surface area (Å²) in [6.45, 7) is 1.93. The third kappa shape index (κ3) is 3.59. The van der Waals surface area contributed by atoms with Crippen LogP contribution in [-0.2, 0) is 9.53 Å². The van der Waals surface area contributed by atoms with Gasteiger partial charge in [-0.3, -0.25) is 4.79 Å². The standard InChI is InChI=1S/C10H18O2S/c1-8(10(11)12-2)6-13-7-9-4-3-5-9/h8-9H,3-7H2,1-2H3. The van der Waals surface area contributed by atoms with Crippen LogP contribution in [0.15, 0.2) is 0 Å². The van der Waals surface area contributed by atoms with Crippen LogP contribution in [0.5, 0.6) is 0 Å². The van der Waals surface area contributed by atoms with Gasteiger partial charge in [0.05, 0.1) is 13.0 Å². The molecule has 3 heteroatoms. The lowest BCUT2D eigenvalue weighted by molar-refractivity contribution is -0.143. The van der Waals surface area contributed by atoms with Crippen molar-refractivity contribution in [3.63, 3.8) is 0 Å². The van der Waals surface area contributed by atoms with Gasteiger partial charge in [-0.15, -0.1) is 0 Å². The molecule has 0 aromatic carbocycles. The zero-order chi connectivity index (χ0) is 9.68. The molecule has 1 fully saturated rings. The van der Waals surface area contributed by atoms with Crippen LogP contribution < -0.4 is 0 Å². The maximum Gasteiger partial charge on any atom is 0.309 e. The molecule has 0 radical (unpaired) electrons. The van der Waals surface area contributed by atoms with Crippen LogP contribution in [0.3, 0.4) is 0 Å². The van der Waals surface area contributed by atoms with E-state index >= 15 is 0 Å². The van der Waals surface area contributed by atoms with Gasteiger partial charge >= 0.3 is 5.97 Å². The van der Waals surface area contributed by atoms with Gasteiger partial charge < -0.3 is 4.74 Å². The Kier molecular flexibility index (Phi) is 4.64. The van der Waals surface area contributed by atoms with Crippen molar-refractivity contribution in [2.75, 3.05) is 18.6 Å². The Bertz CT molecular complexity index is 166. The predicted octanol–water partition coefficient (Wildman–Crippen LogP) is 2.33. The van der Waals surface area contributed by atoms with E-state index in [1.54, 1.807) is 0 Å². The molecule has 0 amide bonds. The van der Waals surface area contributed by atoms with E-state index in [4.69, 9.17) is 0 Å². The summed E-state index contributed by atoms with van der Waals surface area (Å²) in [5.41, 5.74) is 0. The van der Waals surface area contributed by atoms with Gasteiger partial charge in [-0.05, 0) is 24.5 Å². The van der Waals surface area contributed by atoms with Gasteiger partial charge in [0.15, 0.2) is 0 Å². The minimum Gasteiger partial charge on any atom is -0.469 e. The summed E-state index contributed by atoms with van der Waals surface area (Å²) in [5, 5.41) is 0. The van der Waals surface area contributed by atoms with Gasteiger partial charge in [-0.1, -0.05) is 13.3 Å². The first kappa shape index (κ1) is 10.9. The lowest BCUT2D eigenvalue weighted by Gasteiger charge is -2.25. The van der Waals surface area contributed by atoms with E-state index in [1.165, 1.54) is 32.1 Å². The molecule has 76 valence electrons. The van der Waals surface area contributed by atoms with Crippen molar-refractivity contribution in [1.29, 1.82) is 0 Å². The fraction of sp³-hybridized carbons (Fsp3) is 0.900. The van der Waals surface area contributed by atoms with Crippen molar-refractivity contribution in [1.82, 2.24) is 0 Å². The van der Waals surface area contributed by atoms with E-state index in [2.05, 4.69) is 4.74 Å². The van der Waals surface area contributed by atoms with Crippen molar-refractivity contribution in [3.05, 3.63) is 0 Å². The summed E-state index contributed by atoms with van der Waals surface area (Å²) in [6, 6.07) is 0. The molecule has 1 rings (SSSR count). The molecule has 1 unspecified atom stereocenters. The van der Waals surface area contributed by atoms with E-state index in [-0.39, 0.29) is 11.9 Å². The average molecular weight is 202 g/mol. The van der Waals surface area contributed by atoms with Crippen molar-refractivity contribution in [3.8, 4) is 0 Å². The summed E-state index contributed by atoms with van der Waals surface area (Å²) in [7, 11) is 1.45. The normalized spacial score (nSPS) is 19.2. The molecule has 0 N–H and O–H groups in total. The van der Waals surface area contributed by atoms with Crippen LogP contribution in [0.2, 0.25) is 0 Å². The second-order valence-corrected chi connectivity index (χ2v) is 4.83. The van der Waals surface area contributed by atoms with Crippen molar-refractivity contribution < 1.29 is 9.53 Å². The highest BCUT2D eigenvalue weighted by Gasteiger charge is 2.18. The summed E-state index contributed by atoms with van der Waals surface area (Å²) in [5.74, 6) is 3.02. The van der Waals surface area contributed by atoms with Gasteiger partial charge in [0.2, 0.25) is 0 Å². The minimum atomic E-state index is -0.0823. The Morgan fingerprint density at radius 1 is 1.62 bits per heavy atom. The Morgan fingerprint density at radius 3 is 2.77 bits per heavy atom. The number of rotatable bonds is 5. The molecular formula is C10H18O2S. The third-order valence-electron chi connectivity index (χ3n) is 2.55. The van der Waals surface area contributed by atoms with Crippen LogP contribution in [-0.4, -0.2) is 24.6 Å². The number of carbonyl (C=O) groups is 1. The molecule has 0 heterocycles. The molecule has 1 atom stereocenters. The summed E-state index contributed by atoms with van der Waals surface area (Å²) in [4.78, 5) is 11.0. The van der Waals surface area contributed by atoms with Crippen molar-refractivity contribution in [2.24, 2.45) is 11.8 Å². The summed E-state index contributed by atoms with van der Waals surface area (Å²) >= 11 is 1.89. The zero-order valence-corrected chi connectivity index (χ0v) is 9.23. The molecule has 0 aromatic heterocycles. The number of esters is 1. The fourth-order valence-electron chi connectivity index (χ4n) is 1.34. The maximum atomic E-state index is 11.0. The highest BCUT2D eigenvalue weighted by atomic mass is 32.2. The Balaban J connectivity index is 2.00. The molecule has 1 saturated carbocycles. The molecule has 1 aliphatic rings. The summed E-state index contributed by atoms with van der Waals surface area (Å²) < 4.78 is 4.66. The van der Waals surface area contributed by atoms with Crippen molar-refractivity contribution >= 4 is 17.7 Å². The monoisotopic (exact) mass is 202 g/mol. The predicted molar refractivity (Wildman–Crippen MR) is 55.8 cm³/mol. The first-order valence-electron chi connectivity index (χ1n) is 4.89. The van der Waals surface area contributed by atoms with E-state index in [0.717, 1.165) is 11.7 Å². The number of hydrogen-bond donors (Lipinski definition) is 0. The maximum absolute atomic E-state index is 11.0. The van der Waals surface area contributed by atoms with E-state index in [1.807, 2.05) is 18.7 Å². The molecule has 0 saturated heterocycles. The number of carbonyl (C=O) groups excluding carboxylic acids is 1. The second kappa shape index (κ2) is 5.53. The van der Waals surface area contributed by atoms with Crippen LogP contribution in [0.1, 0.15) is 26.2 Å². The van der Waals surface area contributed by atoms with Gasteiger partial charge in [0, 0.05) is 5.75 Å². The Morgan fingerprint density at radius 2 is 2.31 bits per heavy atom. The molecule has 1 aliphatic carbocycles. The summed E-state index contributed by atoms with van der Waals surface area (Å²) in [6.07, 6.45) is 4.18. The fourth-order valence-corrected chi connectivity index (χ4v) is 2.63. The van der Waals surface area contributed by atoms with Gasteiger partial charge in [-0.25, -0.2) is 0 Å². The average Bonchev–Trinajstić information content (AvgIpc) is 2.07. The van der Waals surface area contributed by atoms with Gasteiger partial charge in [-0.2, -0.15) is 11.8 Å². The number of thioether (sulfide) groups is 1. The topological polar surface area (TPSA) is 26.3 Å². The lowest BCUT2D eigenvalue weighted by atomic mass is 9.87. The minimum absolute atomic E-state index is 0.0510. The number of hydrogen-bond acceptors (Lipinski definition) is 3. The largest absolute Gasteiger partial charge is 0.469 e. The molecule has 0 aliphatic heterocycles. The second-order valence-electron chi connectivity index (χ2n) is 3.76. The Hall–Kier alpha value is -0.180. The number of ether oxygens (including phenoxy) is 1. The smallest absolute Gasteiger partial charge is 0.309 e. The van der Waals surface area contributed by atoms with E-state index < -0.39 is 0 Å². The SMILES string of the molecule is COC(=O)C(C)CSCC1CCC1. The first-order chi connectivity index (χ1) is 6.24. The lowest BCUT2D eigenvalue weighted by Crippen LogP contribution is -2.18. The van der Waals surface area contributed by atoms with Gasteiger partial charge in [0.25, 0.3) is 0 Å². The highest BCUT2D eigenvalue weighted by molar-refractivity contribution is 7.99.